The fourth-order valence-electron chi connectivity index (χ4n) is 3.42. The van der Waals surface area contributed by atoms with Gasteiger partial charge in [-0.1, -0.05) is 18.0 Å². The zero-order chi connectivity index (χ0) is 18.6. The molecule has 1 aromatic carbocycles. The molecule has 2 amide bonds. The monoisotopic (exact) mass is 381 g/mol. The lowest BCUT2D eigenvalue weighted by molar-refractivity contribution is 0.0960. The first-order valence-corrected chi connectivity index (χ1v) is 9.68. The summed E-state index contributed by atoms with van der Waals surface area (Å²) >= 11 is 6.23. The van der Waals surface area contributed by atoms with E-state index in [1.807, 2.05) is 6.07 Å². The molecule has 2 N–H and O–H groups in total. The quantitative estimate of drug-likeness (QED) is 0.822. The van der Waals surface area contributed by atoms with Gasteiger partial charge in [-0.2, -0.15) is 0 Å². The first-order chi connectivity index (χ1) is 12.5. The van der Waals surface area contributed by atoms with Gasteiger partial charge in [0.05, 0.1) is 5.02 Å². The van der Waals surface area contributed by atoms with E-state index in [0.717, 1.165) is 18.7 Å². The molecule has 7 heteroatoms. The summed E-state index contributed by atoms with van der Waals surface area (Å²) in [6.45, 7) is 8.56. The molecule has 1 fully saturated rings. The van der Waals surface area contributed by atoms with Crippen LogP contribution in [-0.4, -0.2) is 49.3 Å². The third-order valence-electron chi connectivity index (χ3n) is 5.00. The number of piperidine rings is 1. The maximum atomic E-state index is 12.2. The minimum Gasteiger partial charge on any atom is -0.486 e. The Hall–Kier alpha value is -1.66. The van der Waals surface area contributed by atoms with Gasteiger partial charge in [-0.05, 0) is 57.5 Å². The molecular weight excluding hydrogens is 354 g/mol. The second-order valence-corrected chi connectivity index (χ2v) is 7.91. The minimum atomic E-state index is -0.180. The zero-order valence-electron chi connectivity index (χ0n) is 15.6. The Balaban J connectivity index is 1.49. The van der Waals surface area contributed by atoms with Gasteiger partial charge >= 0.3 is 6.03 Å². The van der Waals surface area contributed by atoms with Gasteiger partial charge in [0.2, 0.25) is 0 Å². The van der Waals surface area contributed by atoms with Crippen LogP contribution in [0.3, 0.4) is 0 Å². The van der Waals surface area contributed by atoms with E-state index in [4.69, 9.17) is 21.1 Å². The summed E-state index contributed by atoms with van der Waals surface area (Å²) in [5.41, 5.74) is 0.836. The van der Waals surface area contributed by atoms with Crippen LogP contribution in [0.5, 0.6) is 11.5 Å². The Morgan fingerprint density at radius 2 is 1.88 bits per heavy atom. The van der Waals surface area contributed by atoms with Crippen molar-refractivity contribution in [3.8, 4) is 11.5 Å². The maximum Gasteiger partial charge on any atom is 0.315 e. The standard InChI is InChI=1S/C19H28ClN3O3/c1-19(2,23-6-4-3-5-7-23)13-22-18(24)21-12-14-10-15(20)17-16(11-14)25-8-9-26-17/h10-11H,3-9,12-13H2,1-2H3,(H2,21,22,24). The van der Waals surface area contributed by atoms with E-state index in [9.17, 15) is 4.79 Å². The summed E-state index contributed by atoms with van der Waals surface area (Å²) in [5.74, 6) is 1.21. The number of ether oxygens (including phenoxy) is 2. The smallest absolute Gasteiger partial charge is 0.315 e. The predicted molar refractivity (Wildman–Crippen MR) is 102 cm³/mol. The topological polar surface area (TPSA) is 62.8 Å². The predicted octanol–water partition coefficient (Wildman–Crippen LogP) is 3.17. The van der Waals surface area contributed by atoms with Crippen molar-refractivity contribution in [3.63, 3.8) is 0 Å². The van der Waals surface area contributed by atoms with Crippen molar-refractivity contribution < 1.29 is 14.3 Å². The van der Waals surface area contributed by atoms with Crippen LogP contribution in [0.25, 0.3) is 0 Å². The van der Waals surface area contributed by atoms with Gasteiger partial charge in [0, 0.05) is 18.6 Å². The van der Waals surface area contributed by atoms with Crippen LogP contribution < -0.4 is 20.1 Å². The van der Waals surface area contributed by atoms with Crippen LogP contribution in [0.1, 0.15) is 38.7 Å². The fraction of sp³-hybridized carbons (Fsp3) is 0.632. The molecule has 0 radical (unpaired) electrons. The van der Waals surface area contributed by atoms with Crippen LogP contribution in [-0.2, 0) is 6.54 Å². The Labute approximate surface area is 160 Å². The highest BCUT2D eigenvalue weighted by Crippen LogP contribution is 2.38. The second kappa shape index (κ2) is 8.35. The van der Waals surface area contributed by atoms with E-state index >= 15 is 0 Å². The fourth-order valence-corrected chi connectivity index (χ4v) is 3.71. The molecule has 144 valence electrons. The third-order valence-corrected chi connectivity index (χ3v) is 5.28. The molecular formula is C19H28ClN3O3. The van der Waals surface area contributed by atoms with Crippen molar-refractivity contribution in [3.05, 3.63) is 22.7 Å². The summed E-state index contributed by atoms with van der Waals surface area (Å²) in [5, 5.41) is 6.38. The lowest BCUT2D eigenvalue weighted by atomic mass is 9.98. The van der Waals surface area contributed by atoms with E-state index in [0.29, 0.717) is 42.8 Å². The largest absolute Gasteiger partial charge is 0.486 e. The molecule has 0 aromatic heterocycles. The van der Waals surface area contributed by atoms with Crippen molar-refractivity contribution in [2.24, 2.45) is 0 Å². The van der Waals surface area contributed by atoms with E-state index < -0.39 is 0 Å². The zero-order valence-corrected chi connectivity index (χ0v) is 16.3. The molecule has 0 atom stereocenters. The first kappa shape index (κ1) is 19.1. The third kappa shape index (κ3) is 4.74. The maximum absolute atomic E-state index is 12.2. The summed E-state index contributed by atoms with van der Waals surface area (Å²) in [7, 11) is 0. The van der Waals surface area contributed by atoms with Gasteiger partial charge in [0.1, 0.15) is 13.2 Å². The Bertz CT molecular complexity index is 645. The molecule has 2 heterocycles. The normalized spacial score (nSPS) is 17.7. The van der Waals surface area contributed by atoms with Crippen molar-refractivity contribution >= 4 is 17.6 Å². The van der Waals surface area contributed by atoms with Crippen LogP contribution in [0.4, 0.5) is 4.79 Å². The highest BCUT2D eigenvalue weighted by molar-refractivity contribution is 6.32. The lowest BCUT2D eigenvalue weighted by Gasteiger charge is -2.41. The highest BCUT2D eigenvalue weighted by atomic mass is 35.5. The molecule has 26 heavy (non-hydrogen) atoms. The number of rotatable bonds is 5. The van der Waals surface area contributed by atoms with Gasteiger partial charge in [-0.25, -0.2) is 4.79 Å². The SMILES string of the molecule is CC(C)(CNC(=O)NCc1cc(Cl)c2c(c1)OCCO2)N1CCCCC1. The van der Waals surface area contributed by atoms with Gasteiger partial charge < -0.3 is 20.1 Å². The Morgan fingerprint density at radius 1 is 1.15 bits per heavy atom. The molecule has 1 aromatic rings. The Kier molecular flexibility index (Phi) is 6.14. The molecule has 2 aliphatic heterocycles. The lowest BCUT2D eigenvalue weighted by Crippen LogP contribution is -2.54. The number of hydrogen-bond donors (Lipinski definition) is 2. The summed E-state index contributed by atoms with van der Waals surface area (Å²) in [6, 6.07) is 3.48. The number of fused-ring (bicyclic) bond motifs is 1. The number of benzene rings is 1. The molecule has 2 aliphatic rings. The molecule has 0 aliphatic carbocycles. The molecule has 0 saturated carbocycles. The van der Waals surface area contributed by atoms with E-state index in [1.165, 1.54) is 19.3 Å². The van der Waals surface area contributed by atoms with E-state index in [-0.39, 0.29) is 11.6 Å². The number of urea groups is 1. The highest BCUT2D eigenvalue weighted by Gasteiger charge is 2.28. The number of carbonyl (C=O) groups is 1. The van der Waals surface area contributed by atoms with Crippen LogP contribution in [0.2, 0.25) is 5.02 Å². The van der Waals surface area contributed by atoms with Crippen molar-refractivity contribution in [1.29, 1.82) is 0 Å². The molecule has 0 unspecified atom stereocenters. The molecule has 1 saturated heterocycles. The summed E-state index contributed by atoms with van der Waals surface area (Å²) < 4.78 is 11.1. The molecule has 3 rings (SSSR count). The van der Waals surface area contributed by atoms with E-state index in [2.05, 4.69) is 29.4 Å². The van der Waals surface area contributed by atoms with Crippen molar-refractivity contribution in [2.75, 3.05) is 32.8 Å². The van der Waals surface area contributed by atoms with Gasteiger partial charge in [-0.3, -0.25) is 4.90 Å². The van der Waals surface area contributed by atoms with Crippen molar-refractivity contribution in [2.45, 2.75) is 45.2 Å². The van der Waals surface area contributed by atoms with Crippen molar-refractivity contribution in [1.82, 2.24) is 15.5 Å². The van der Waals surface area contributed by atoms with Crippen LogP contribution in [0.15, 0.2) is 12.1 Å². The van der Waals surface area contributed by atoms with Gasteiger partial charge in [0.25, 0.3) is 0 Å². The first-order valence-electron chi connectivity index (χ1n) is 9.30. The molecule has 0 bridgehead atoms. The average molecular weight is 382 g/mol. The number of likely N-dealkylation sites (tertiary alicyclic amines) is 1. The average Bonchev–Trinajstić information content (AvgIpc) is 2.65. The number of halogens is 1. The van der Waals surface area contributed by atoms with Crippen LogP contribution >= 0.6 is 11.6 Å². The minimum absolute atomic E-state index is 0.0436. The number of nitrogens with one attached hydrogen (secondary N) is 2. The number of amides is 2. The number of hydrogen-bond acceptors (Lipinski definition) is 4. The number of carbonyl (C=O) groups excluding carboxylic acids is 1. The van der Waals surface area contributed by atoms with Crippen LogP contribution in [0, 0.1) is 0 Å². The van der Waals surface area contributed by atoms with Gasteiger partial charge in [-0.15, -0.1) is 0 Å². The van der Waals surface area contributed by atoms with E-state index in [1.54, 1.807) is 6.07 Å². The second-order valence-electron chi connectivity index (χ2n) is 7.50. The number of nitrogens with zero attached hydrogens (tertiary/aromatic N) is 1. The Morgan fingerprint density at radius 3 is 2.65 bits per heavy atom. The van der Waals surface area contributed by atoms with Gasteiger partial charge in [0.15, 0.2) is 11.5 Å². The summed E-state index contributed by atoms with van der Waals surface area (Å²) in [6.07, 6.45) is 3.78. The molecule has 0 spiro atoms. The summed E-state index contributed by atoms with van der Waals surface area (Å²) in [4.78, 5) is 14.6. The molecule has 6 nitrogen and oxygen atoms in total.